The van der Waals surface area contributed by atoms with Gasteiger partial charge in [0, 0.05) is 19.5 Å². The molecule has 1 atom stereocenters. The Morgan fingerprint density at radius 1 is 1.41 bits per heavy atom. The van der Waals surface area contributed by atoms with Crippen molar-refractivity contribution in [3.8, 4) is 0 Å². The van der Waals surface area contributed by atoms with Crippen LogP contribution < -0.4 is 5.32 Å². The van der Waals surface area contributed by atoms with E-state index in [0.717, 1.165) is 44.8 Å². The minimum Gasteiger partial charge on any atom is -0.343 e. The van der Waals surface area contributed by atoms with Crippen LogP contribution in [0.15, 0.2) is 0 Å². The molecule has 100 valence electrons. The zero-order chi connectivity index (χ0) is 12.7. The number of likely N-dealkylation sites (tertiary alicyclic amines) is 1. The highest BCUT2D eigenvalue weighted by Crippen LogP contribution is 2.19. The van der Waals surface area contributed by atoms with E-state index < -0.39 is 0 Å². The van der Waals surface area contributed by atoms with Crippen molar-refractivity contribution in [2.45, 2.75) is 46.0 Å². The van der Waals surface area contributed by atoms with Crippen LogP contribution in [-0.4, -0.2) is 37.5 Å². The van der Waals surface area contributed by atoms with E-state index in [9.17, 15) is 4.79 Å². The first-order valence-electron chi connectivity index (χ1n) is 7.09. The van der Waals surface area contributed by atoms with Gasteiger partial charge in [-0.1, -0.05) is 26.7 Å². The van der Waals surface area contributed by atoms with Gasteiger partial charge in [0.05, 0.1) is 0 Å². The van der Waals surface area contributed by atoms with Crippen molar-refractivity contribution in [1.29, 1.82) is 0 Å². The molecule has 17 heavy (non-hydrogen) atoms. The van der Waals surface area contributed by atoms with Crippen molar-refractivity contribution in [3.63, 3.8) is 0 Å². The number of carbonyl (C=O) groups is 1. The highest BCUT2D eigenvalue weighted by Gasteiger charge is 2.22. The number of amides is 1. The topological polar surface area (TPSA) is 32.3 Å². The van der Waals surface area contributed by atoms with Crippen LogP contribution in [0.2, 0.25) is 0 Å². The summed E-state index contributed by atoms with van der Waals surface area (Å²) in [6, 6.07) is 0. The molecule has 1 fully saturated rings. The SMILES string of the molecule is CCCC(C)CC(=O)N1CCC(CNC)CC1. The number of hydrogen-bond donors (Lipinski definition) is 1. The third kappa shape index (κ3) is 5.07. The third-order valence-corrected chi connectivity index (χ3v) is 3.76. The normalized spacial score (nSPS) is 19.4. The molecule has 1 amide bonds. The molecule has 0 saturated carbocycles. The molecule has 0 aromatic carbocycles. The van der Waals surface area contributed by atoms with Crippen LogP contribution in [0.25, 0.3) is 0 Å². The summed E-state index contributed by atoms with van der Waals surface area (Å²) in [6.45, 7) is 7.39. The van der Waals surface area contributed by atoms with E-state index in [1.54, 1.807) is 0 Å². The Labute approximate surface area is 106 Å². The first-order valence-corrected chi connectivity index (χ1v) is 7.09. The molecule has 1 aliphatic rings. The van der Waals surface area contributed by atoms with Gasteiger partial charge in [0.15, 0.2) is 0 Å². The van der Waals surface area contributed by atoms with Crippen LogP contribution in [0.5, 0.6) is 0 Å². The Kier molecular flexibility index (Phi) is 6.56. The van der Waals surface area contributed by atoms with Crippen molar-refractivity contribution in [2.75, 3.05) is 26.7 Å². The second-order valence-electron chi connectivity index (χ2n) is 5.48. The maximum atomic E-state index is 12.1. The summed E-state index contributed by atoms with van der Waals surface area (Å²) in [6.07, 6.45) is 5.41. The second kappa shape index (κ2) is 7.70. The minimum absolute atomic E-state index is 0.369. The van der Waals surface area contributed by atoms with Gasteiger partial charge < -0.3 is 10.2 Å². The molecule has 1 heterocycles. The average Bonchev–Trinajstić information content (AvgIpc) is 2.30. The lowest BCUT2D eigenvalue weighted by molar-refractivity contribution is -0.133. The predicted octanol–water partition coefficient (Wildman–Crippen LogP) is 2.27. The molecule has 1 saturated heterocycles. The highest BCUT2D eigenvalue weighted by atomic mass is 16.2. The zero-order valence-corrected chi connectivity index (χ0v) is 11.7. The zero-order valence-electron chi connectivity index (χ0n) is 11.7. The Morgan fingerprint density at radius 2 is 2.06 bits per heavy atom. The summed E-state index contributed by atoms with van der Waals surface area (Å²) >= 11 is 0. The number of hydrogen-bond acceptors (Lipinski definition) is 2. The molecule has 0 aliphatic carbocycles. The Bertz CT molecular complexity index is 222. The van der Waals surface area contributed by atoms with Crippen molar-refractivity contribution in [2.24, 2.45) is 11.8 Å². The summed E-state index contributed by atoms with van der Waals surface area (Å²) in [4.78, 5) is 14.1. The minimum atomic E-state index is 0.369. The summed E-state index contributed by atoms with van der Waals surface area (Å²) in [5.74, 6) is 1.67. The molecule has 3 nitrogen and oxygen atoms in total. The summed E-state index contributed by atoms with van der Waals surface area (Å²) in [7, 11) is 2.00. The van der Waals surface area contributed by atoms with E-state index >= 15 is 0 Å². The third-order valence-electron chi connectivity index (χ3n) is 3.76. The Hall–Kier alpha value is -0.570. The van der Waals surface area contributed by atoms with Gasteiger partial charge >= 0.3 is 0 Å². The molecule has 1 unspecified atom stereocenters. The van der Waals surface area contributed by atoms with Crippen molar-refractivity contribution in [3.05, 3.63) is 0 Å². The van der Waals surface area contributed by atoms with Gasteiger partial charge in [-0.3, -0.25) is 4.79 Å². The van der Waals surface area contributed by atoms with Gasteiger partial charge in [-0.15, -0.1) is 0 Å². The Balaban J connectivity index is 2.25. The number of piperidine rings is 1. The molecule has 0 aromatic heterocycles. The van der Waals surface area contributed by atoms with E-state index in [2.05, 4.69) is 24.1 Å². The van der Waals surface area contributed by atoms with E-state index in [1.165, 1.54) is 12.8 Å². The van der Waals surface area contributed by atoms with Crippen molar-refractivity contribution in [1.82, 2.24) is 10.2 Å². The standard InChI is InChI=1S/C14H28N2O/c1-4-5-12(2)10-14(17)16-8-6-13(7-9-16)11-15-3/h12-13,15H,4-11H2,1-3H3. The number of rotatable bonds is 6. The quantitative estimate of drug-likeness (QED) is 0.772. The average molecular weight is 240 g/mol. The largest absolute Gasteiger partial charge is 0.343 e. The van der Waals surface area contributed by atoms with Gasteiger partial charge in [0.1, 0.15) is 0 Å². The molecule has 0 spiro atoms. The Morgan fingerprint density at radius 3 is 2.59 bits per heavy atom. The van der Waals surface area contributed by atoms with Crippen LogP contribution in [0.3, 0.4) is 0 Å². The summed E-state index contributed by atoms with van der Waals surface area (Å²) in [5, 5.41) is 3.23. The molecular weight excluding hydrogens is 212 g/mol. The lowest BCUT2D eigenvalue weighted by Crippen LogP contribution is -2.40. The summed E-state index contributed by atoms with van der Waals surface area (Å²) in [5.41, 5.74) is 0. The molecule has 0 radical (unpaired) electrons. The lowest BCUT2D eigenvalue weighted by atomic mass is 9.95. The maximum absolute atomic E-state index is 12.1. The lowest BCUT2D eigenvalue weighted by Gasteiger charge is -2.32. The van der Waals surface area contributed by atoms with Crippen LogP contribution in [0, 0.1) is 11.8 Å². The molecule has 0 aromatic rings. The fourth-order valence-electron chi connectivity index (χ4n) is 2.70. The van der Waals surface area contributed by atoms with E-state index in [0.29, 0.717) is 11.8 Å². The van der Waals surface area contributed by atoms with Gasteiger partial charge in [-0.2, -0.15) is 0 Å². The van der Waals surface area contributed by atoms with Crippen LogP contribution >= 0.6 is 0 Å². The molecule has 1 aliphatic heterocycles. The van der Waals surface area contributed by atoms with Crippen molar-refractivity contribution >= 4 is 5.91 Å². The van der Waals surface area contributed by atoms with Crippen molar-refractivity contribution < 1.29 is 4.79 Å². The van der Waals surface area contributed by atoms with Crippen LogP contribution in [0.1, 0.15) is 46.0 Å². The second-order valence-corrected chi connectivity index (χ2v) is 5.48. The number of carbonyl (C=O) groups excluding carboxylic acids is 1. The molecule has 1 N–H and O–H groups in total. The monoisotopic (exact) mass is 240 g/mol. The molecule has 1 rings (SSSR count). The molecular formula is C14H28N2O. The van der Waals surface area contributed by atoms with Gasteiger partial charge in [0.2, 0.25) is 5.91 Å². The molecule has 3 heteroatoms. The first kappa shape index (κ1) is 14.5. The van der Waals surface area contributed by atoms with Gasteiger partial charge in [-0.05, 0) is 38.3 Å². The van der Waals surface area contributed by atoms with E-state index in [-0.39, 0.29) is 0 Å². The summed E-state index contributed by atoms with van der Waals surface area (Å²) < 4.78 is 0. The van der Waals surface area contributed by atoms with Crippen LogP contribution in [0.4, 0.5) is 0 Å². The predicted molar refractivity (Wildman–Crippen MR) is 71.9 cm³/mol. The fourth-order valence-corrected chi connectivity index (χ4v) is 2.70. The smallest absolute Gasteiger partial charge is 0.222 e. The van der Waals surface area contributed by atoms with Gasteiger partial charge in [-0.25, -0.2) is 0 Å². The van der Waals surface area contributed by atoms with E-state index in [1.807, 2.05) is 7.05 Å². The first-order chi connectivity index (χ1) is 8.17. The number of nitrogens with one attached hydrogen (secondary N) is 1. The van der Waals surface area contributed by atoms with E-state index in [4.69, 9.17) is 0 Å². The fraction of sp³-hybridized carbons (Fsp3) is 0.929. The maximum Gasteiger partial charge on any atom is 0.222 e. The number of nitrogens with zero attached hydrogens (tertiary/aromatic N) is 1. The van der Waals surface area contributed by atoms with Crippen LogP contribution in [-0.2, 0) is 4.79 Å². The highest BCUT2D eigenvalue weighted by molar-refractivity contribution is 5.76. The van der Waals surface area contributed by atoms with Gasteiger partial charge in [0.25, 0.3) is 0 Å². The molecule has 0 bridgehead atoms.